The number of urea groups is 1. The van der Waals surface area contributed by atoms with Gasteiger partial charge in [-0.15, -0.1) is 0 Å². The highest BCUT2D eigenvalue weighted by Gasteiger charge is 2.25. The summed E-state index contributed by atoms with van der Waals surface area (Å²) in [6.45, 7) is 11.2. The number of rotatable bonds is 6. The highest BCUT2D eigenvalue weighted by Crippen LogP contribution is 2.16. The van der Waals surface area contributed by atoms with Crippen molar-refractivity contribution in [3.63, 3.8) is 0 Å². The SMILES string of the molecule is Cc1ccccc1CN1CCC(NC(=O)N(CC(C)O)C(C)C)CC1. The van der Waals surface area contributed by atoms with Crippen LogP contribution >= 0.6 is 0 Å². The van der Waals surface area contributed by atoms with Crippen molar-refractivity contribution in [2.45, 2.75) is 65.3 Å². The number of carbonyl (C=O) groups excluding carboxylic acids is 1. The van der Waals surface area contributed by atoms with Crippen LogP contribution in [0, 0.1) is 6.92 Å². The zero-order chi connectivity index (χ0) is 18.4. The Labute approximate surface area is 152 Å². The first-order valence-corrected chi connectivity index (χ1v) is 9.39. The maximum absolute atomic E-state index is 12.5. The van der Waals surface area contributed by atoms with Crippen molar-refractivity contribution in [2.75, 3.05) is 19.6 Å². The number of hydrogen-bond donors (Lipinski definition) is 2. The van der Waals surface area contributed by atoms with E-state index in [9.17, 15) is 9.90 Å². The van der Waals surface area contributed by atoms with Crippen molar-refractivity contribution in [3.05, 3.63) is 35.4 Å². The maximum atomic E-state index is 12.5. The molecule has 2 rings (SSSR count). The van der Waals surface area contributed by atoms with Gasteiger partial charge in [0.1, 0.15) is 0 Å². The largest absolute Gasteiger partial charge is 0.392 e. The van der Waals surface area contributed by atoms with Gasteiger partial charge in [-0.05, 0) is 51.7 Å². The molecule has 2 amide bonds. The number of nitrogens with one attached hydrogen (secondary N) is 1. The van der Waals surface area contributed by atoms with Crippen LogP contribution < -0.4 is 5.32 Å². The average molecular weight is 348 g/mol. The van der Waals surface area contributed by atoms with E-state index in [1.54, 1.807) is 11.8 Å². The highest BCUT2D eigenvalue weighted by atomic mass is 16.3. The summed E-state index contributed by atoms with van der Waals surface area (Å²) in [4.78, 5) is 16.7. The lowest BCUT2D eigenvalue weighted by molar-refractivity contribution is 0.113. The van der Waals surface area contributed by atoms with Crippen LogP contribution in [-0.4, -0.2) is 58.8 Å². The van der Waals surface area contributed by atoms with Crippen LogP contribution in [0.1, 0.15) is 44.7 Å². The fourth-order valence-corrected chi connectivity index (χ4v) is 3.33. The lowest BCUT2D eigenvalue weighted by atomic mass is 10.0. The number of aliphatic hydroxyl groups excluding tert-OH is 1. The number of amides is 2. The van der Waals surface area contributed by atoms with Crippen molar-refractivity contribution >= 4 is 6.03 Å². The summed E-state index contributed by atoms with van der Waals surface area (Å²) in [6.07, 6.45) is 1.43. The average Bonchev–Trinajstić information content (AvgIpc) is 2.56. The lowest BCUT2D eigenvalue weighted by Crippen LogP contribution is -2.52. The third-order valence-corrected chi connectivity index (χ3v) is 4.92. The first kappa shape index (κ1) is 19.7. The summed E-state index contributed by atoms with van der Waals surface area (Å²) in [6, 6.07) is 8.76. The molecule has 0 saturated carbocycles. The Balaban J connectivity index is 1.81. The summed E-state index contributed by atoms with van der Waals surface area (Å²) < 4.78 is 0. The molecule has 0 bridgehead atoms. The first-order chi connectivity index (χ1) is 11.9. The number of hydrogen-bond acceptors (Lipinski definition) is 3. The van der Waals surface area contributed by atoms with Crippen molar-refractivity contribution in [3.8, 4) is 0 Å². The van der Waals surface area contributed by atoms with Crippen molar-refractivity contribution in [1.82, 2.24) is 15.1 Å². The second kappa shape index (κ2) is 9.20. The van der Waals surface area contributed by atoms with E-state index in [1.165, 1.54) is 11.1 Å². The number of nitrogens with zero attached hydrogens (tertiary/aromatic N) is 2. The van der Waals surface area contributed by atoms with E-state index in [-0.39, 0.29) is 18.1 Å². The fourth-order valence-electron chi connectivity index (χ4n) is 3.33. The van der Waals surface area contributed by atoms with Gasteiger partial charge in [0.05, 0.1) is 6.10 Å². The second-order valence-corrected chi connectivity index (χ2v) is 7.52. The van der Waals surface area contributed by atoms with Crippen LogP contribution in [0.2, 0.25) is 0 Å². The molecule has 5 nitrogen and oxygen atoms in total. The number of aryl methyl sites for hydroxylation is 1. The standard InChI is InChI=1S/C20H33N3O2/c1-15(2)23(13-17(4)24)20(25)21-19-9-11-22(12-10-19)14-18-8-6-5-7-16(18)3/h5-8,15,17,19,24H,9-14H2,1-4H3,(H,21,25). The quantitative estimate of drug-likeness (QED) is 0.832. The molecule has 140 valence electrons. The van der Waals surface area contributed by atoms with E-state index in [0.29, 0.717) is 6.54 Å². The minimum atomic E-state index is -0.510. The Hall–Kier alpha value is -1.59. The minimum absolute atomic E-state index is 0.0618. The van der Waals surface area contributed by atoms with Gasteiger partial charge in [0.2, 0.25) is 0 Å². The normalized spacial score (nSPS) is 17.5. The monoisotopic (exact) mass is 347 g/mol. The molecule has 0 spiro atoms. The molecule has 0 aliphatic carbocycles. The van der Waals surface area contributed by atoms with Gasteiger partial charge in [0.15, 0.2) is 0 Å². The zero-order valence-electron chi connectivity index (χ0n) is 16.0. The fraction of sp³-hybridized carbons (Fsp3) is 0.650. The van der Waals surface area contributed by atoms with Gasteiger partial charge in [-0.1, -0.05) is 24.3 Å². The topological polar surface area (TPSA) is 55.8 Å². The Bertz CT molecular complexity index is 552. The Morgan fingerprint density at radius 2 is 1.92 bits per heavy atom. The highest BCUT2D eigenvalue weighted by molar-refractivity contribution is 5.74. The van der Waals surface area contributed by atoms with Gasteiger partial charge >= 0.3 is 6.03 Å². The second-order valence-electron chi connectivity index (χ2n) is 7.52. The van der Waals surface area contributed by atoms with E-state index < -0.39 is 6.10 Å². The zero-order valence-corrected chi connectivity index (χ0v) is 16.0. The Kier molecular flexibility index (Phi) is 7.26. The molecule has 1 aliphatic rings. The molecule has 25 heavy (non-hydrogen) atoms. The lowest BCUT2D eigenvalue weighted by Gasteiger charge is -2.35. The molecule has 0 aromatic heterocycles. The van der Waals surface area contributed by atoms with E-state index in [1.807, 2.05) is 13.8 Å². The van der Waals surface area contributed by atoms with Crippen LogP contribution in [0.3, 0.4) is 0 Å². The predicted molar refractivity (Wildman–Crippen MR) is 102 cm³/mol. The molecule has 5 heteroatoms. The van der Waals surface area contributed by atoms with Crippen LogP contribution in [0.25, 0.3) is 0 Å². The van der Waals surface area contributed by atoms with Gasteiger partial charge in [-0.25, -0.2) is 4.79 Å². The van der Waals surface area contributed by atoms with Crippen LogP contribution in [0.4, 0.5) is 4.79 Å². The van der Waals surface area contributed by atoms with Gasteiger partial charge in [-0.3, -0.25) is 4.90 Å². The summed E-state index contributed by atoms with van der Waals surface area (Å²) in [5.41, 5.74) is 2.72. The summed E-state index contributed by atoms with van der Waals surface area (Å²) in [7, 11) is 0. The molecule has 2 N–H and O–H groups in total. The van der Waals surface area contributed by atoms with Gasteiger partial charge in [0, 0.05) is 38.3 Å². The first-order valence-electron chi connectivity index (χ1n) is 9.39. The van der Waals surface area contributed by atoms with E-state index in [2.05, 4.69) is 41.4 Å². The van der Waals surface area contributed by atoms with Crippen molar-refractivity contribution in [2.24, 2.45) is 0 Å². The smallest absolute Gasteiger partial charge is 0.317 e. The Morgan fingerprint density at radius 3 is 2.48 bits per heavy atom. The van der Waals surface area contributed by atoms with Crippen molar-refractivity contribution < 1.29 is 9.90 Å². The molecule has 1 heterocycles. The number of carbonyl (C=O) groups is 1. The van der Waals surface area contributed by atoms with E-state index >= 15 is 0 Å². The minimum Gasteiger partial charge on any atom is -0.392 e. The van der Waals surface area contributed by atoms with Crippen LogP contribution in [-0.2, 0) is 6.54 Å². The van der Waals surface area contributed by atoms with Crippen LogP contribution in [0.5, 0.6) is 0 Å². The van der Waals surface area contributed by atoms with Gasteiger partial charge in [0.25, 0.3) is 0 Å². The molecule has 1 aromatic rings. The van der Waals surface area contributed by atoms with Gasteiger partial charge < -0.3 is 15.3 Å². The number of likely N-dealkylation sites (tertiary alicyclic amines) is 1. The third kappa shape index (κ3) is 6.01. The van der Waals surface area contributed by atoms with Gasteiger partial charge in [-0.2, -0.15) is 0 Å². The molecule has 1 unspecified atom stereocenters. The number of piperidine rings is 1. The molecule has 1 atom stereocenters. The summed E-state index contributed by atoms with van der Waals surface area (Å²) >= 11 is 0. The van der Waals surface area contributed by atoms with E-state index in [0.717, 1.165) is 32.5 Å². The van der Waals surface area contributed by atoms with Crippen molar-refractivity contribution in [1.29, 1.82) is 0 Å². The molecule has 1 aliphatic heterocycles. The molecular weight excluding hydrogens is 314 g/mol. The summed E-state index contributed by atoms with van der Waals surface area (Å²) in [5, 5.41) is 12.7. The van der Waals surface area contributed by atoms with E-state index in [4.69, 9.17) is 0 Å². The summed E-state index contributed by atoms with van der Waals surface area (Å²) in [5.74, 6) is 0. The number of aliphatic hydroxyl groups is 1. The Morgan fingerprint density at radius 1 is 1.28 bits per heavy atom. The third-order valence-electron chi connectivity index (χ3n) is 4.92. The van der Waals surface area contributed by atoms with Crippen LogP contribution in [0.15, 0.2) is 24.3 Å². The predicted octanol–water partition coefficient (Wildman–Crippen LogP) is 2.76. The maximum Gasteiger partial charge on any atom is 0.317 e. The molecule has 1 saturated heterocycles. The molecular formula is C20H33N3O2. The number of benzene rings is 1. The molecule has 0 radical (unpaired) electrons. The molecule has 1 fully saturated rings. The molecule has 1 aromatic carbocycles.